The van der Waals surface area contributed by atoms with E-state index in [1.54, 1.807) is 19.2 Å². The molecule has 0 aliphatic carbocycles. The largest absolute Gasteiger partial charge is 0.495 e. The molecule has 0 saturated heterocycles. The van der Waals surface area contributed by atoms with E-state index >= 15 is 0 Å². The van der Waals surface area contributed by atoms with Gasteiger partial charge in [0.25, 0.3) is 5.91 Å². The molecule has 0 bridgehead atoms. The number of nitrogens with one attached hydrogen (secondary N) is 2. The van der Waals surface area contributed by atoms with Crippen molar-refractivity contribution in [1.29, 1.82) is 0 Å². The highest BCUT2D eigenvalue weighted by molar-refractivity contribution is 7.80. The predicted octanol–water partition coefficient (Wildman–Crippen LogP) is 3.16. The lowest BCUT2D eigenvalue weighted by Crippen LogP contribution is -2.34. The standard InChI is InChI=1S/C19H22N2O5S/c1-11-6-7-14(23-2)13(8-11)20-19(27)21-18(22)12-9-15(24-3)17(26-5)16(10-12)25-4/h6-10H,1-5H3,(H2,20,21,22,27). The molecule has 0 heterocycles. The molecule has 0 aliphatic rings. The van der Waals surface area contributed by atoms with Crippen LogP contribution >= 0.6 is 12.2 Å². The van der Waals surface area contributed by atoms with Crippen molar-refractivity contribution >= 4 is 28.9 Å². The zero-order chi connectivity index (χ0) is 20.0. The highest BCUT2D eigenvalue weighted by Gasteiger charge is 2.18. The summed E-state index contributed by atoms with van der Waals surface area (Å²) in [6.07, 6.45) is 0. The van der Waals surface area contributed by atoms with Gasteiger partial charge in [0.05, 0.1) is 34.1 Å². The molecule has 144 valence electrons. The molecule has 0 saturated carbocycles. The number of carbonyl (C=O) groups is 1. The van der Waals surface area contributed by atoms with Crippen LogP contribution in [0.25, 0.3) is 0 Å². The number of aryl methyl sites for hydroxylation is 1. The second-order valence-corrected chi connectivity index (χ2v) is 5.93. The number of hydrogen-bond donors (Lipinski definition) is 2. The molecule has 1 amide bonds. The van der Waals surface area contributed by atoms with Crippen LogP contribution in [0.4, 0.5) is 5.69 Å². The van der Waals surface area contributed by atoms with E-state index in [0.717, 1.165) is 5.56 Å². The molecule has 0 fully saturated rings. The van der Waals surface area contributed by atoms with Crippen molar-refractivity contribution in [2.24, 2.45) is 0 Å². The van der Waals surface area contributed by atoms with E-state index in [0.29, 0.717) is 34.2 Å². The Labute approximate surface area is 163 Å². The zero-order valence-electron chi connectivity index (χ0n) is 15.8. The molecule has 2 N–H and O–H groups in total. The van der Waals surface area contributed by atoms with Gasteiger partial charge in [0.1, 0.15) is 5.75 Å². The number of anilines is 1. The van der Waals surface area contributed by atoms with Crippen molar-refractivity contribution < 1.29 is 23.7 Å². The summed E-state index contributed by atoms with van der Waals surface area (Å²) in [5.74, 6) is 1.35. The maximum atomic E-state index is 12.6. The summed E-state index contributed by atoms with van der Waals surface area (Å²) >= 11 is 5.25. The van der Waals surface area contributed by atoms with Gasteiger partial charge < -0.3 is 24.3 Å². The third-order valence-electron chi connectivity index (χ3n) is 3.76. The van der Waals surface area contributed by atoms with Crippen LogP contribution in [0.3, 0.4) is 0 Å². The molecule has 0 radical (unpaired) electrons. The van der Waals surface area contributed by atoms with Gasteiger partial charge in [-0.3, -0.25) is 10.1 Å². The summed E-state index contributed by atoms with van der Waals surface area (Å²) in [7, 11) is 6.02. The average molecular weight is 390 g/mol. The summed E-state index contributed by atoms with van der Waals surface area (Å²) in [5, 5.41) is 5.74. The summed E-state index contributed by atoms with van der Waals surface area (Å²) in [6.45, 7) is 1.95. The summed E-state index contributed by atoms with van der Waals surface area (Å²) < 4.78 is 21.1. The summed E-state index contributed by atoms with van der Waals surface area (Å²) in [5.41, 5.74) is 2.00. The van der Waals surface area contributed by atoms with Crippen LogP contribution in [0.5, 0.6) is 23.0 Å². The molecule has 2 rings (SSSR count). The number of hydrogen-bond acceptors (Lipinski definition) is 6. The van der Waals surface area contributed by atoms with Gasteiger partial charge in [-0.25, -0.2) is 0 Å². The average Bonchev–Trinajstić information content (AvgIpc) is 2.66. The van der Waals surface area contributed by atoms with Gasteiger partial charge in [0.2, 0.25) is 5.75 Å². The molecule has 0 spiro atoms. The SMILES string of the molecule is COc1ccc(C)cc1NC(=S)NC(=O)c1cc(OC)c(OC)c(OC)c1. The molecule has 0 aliphatic heterocycles. The fourth-order valence-corrected chi connectivity index (χ4v) is 2.66. The molecular weight excluding hydrogens is 368 g/mol. The van der Waals surface area contributed by atoms with Gasteiger partial charge >= 0.3 is 0 Å². The molecule has 0 atom stereocenters. The third kappa shape index (κ3) is 4.79. The molecular formula is C19H22N2O5S. The monoisotopic (exact) mass is 390 g/mol. The van der Waals surface area contributed by atoms with Gasteiger partial charge in [-0.15, -0.1) is 0 Å². The molecule has 8 heteroatoms. The van der Waals surface area contributed by atoms with Crippen LogP contribution in [0.15, 0.2) is 30.3 Å². The van der Waals surface area contributed by atoms with Crippen molar-refractivity contribution in [3.8, 4) is 23.0 Å². The fraction of sp³-hybridized carbons (Fsp3) is 0.263. The van der Waals surface area contributed by atoms with Gasteiger partial charge in [0, 0.05) is 5.56 Å². The van der Waals surface area contributed by atoms with Crippen LogP contribution in [0, 0.1) is 6.92 Å². The number of rotatable bonds is 6. The molecule has 27 heavy (non-hydrogen) atoms. The summed E-state index contributed by atoms with van der Waals surface area (Å²) in [4.78, 5) is 12.6. The van der Waals surface area contributed by atoms with E-state index in [2.05, 4.69) is 10.6 Å². The Bertz CT molecular complexity index is 829. The Balaban J connectivity index is 2.20. The fourth-order valence-electron chi connectivity index (χ4n) is 2.46. The van der Waals surface area contributed by atoms with E-state index in [1.165, 1.54) is 21.3 Å². The van der Waals surface area contributed by atoms with Gasteiger partial charge in [-0.1, -0.05) is 6.07 Å². The molecule has 0 aromatic heterocycles. The van der Waals surface area contributed by atoms with Crippen LogP contribution in [0.2, 0.25) is 0 Å². The molecule has 2 aromatic rings. The molecule has 0 unspecified atom stereocenters. The number of ether oxygens (including phenoxy) is 4. The maximum Gasteiger partial charge on any atom is 0.257 e. The van der Waals surface area contributed by atoms with Crippen molar-refractivity contribution in [2.75, 3.05) is 33.8 Å². The van der Waals surface area contributed by atoms with E-state index in [1.807, 2.05) is 25.1 Å². The first-order valence-corrected chi connectivity index (χ1v) is 8.41. The summed E-state index contributed by atoms with van der Waals surface area (Å²) in [6, 6.07) is 8.71. The number of methoxy groups -OCH3 is 4. The number of thiocarbonyl (C=S) groups is 1. The molecule has 2 aromatic carbocycles. The van der Waals surface area contributed by atoms with Crippen LogP contribution < -0.4 is 29.6 Å². The minimum absolute atomic E-state index is 0.137. The first-order chi connectivity index (χ1) is 12.9. The van der Waals surface area contributed by atoms with Crippen LogP contribution in [-0.2, 0) is 0 Å². The Kier molecular flexibility index (Phi) is 6.84. The van der Waals surface area contributed by atoms with Crippen molar-refractivity contribution in [3.05, 3.63) is 41.5 Å². The van der Waals surface area contributed by atoms with Gasteiger partial charge in [0.15, 0.2) is 16.6 Å². The highest BCUT2D eigenvalue weighted by Crippen LogP contribution is 2.38. The van der Waals surface area contributed by atoms with E-state index in [-0.39, 0.29) is 5.11 Å². The zero-order valence-corrected chi connectivity index (χ0v) is 16.7. The van der Waals surface area contributed by atoms with Crippen molar-refractivity contribution in [3.63, 3.8) is 0 Å². The Morgan fingerprint density at radius 2 is 1.48 bits per heavy atom. The smallest absolute Gasteiger partial charge is 0.257 e. The third-order valence-corrected chi connectivity index (χ3v) is 3.96. The van der Waals surface area contributed by atoms with E-state index in [9.17, 15) is 4.79 Å². The quantitative estimate of drug-likeness (QED) is 0.734. The lowest BCUT2D eigenvalue weighted by Gasteiger charge is -2.15. The van der Waals surface area contributed by atoms with Crippen molar-refractivity contribution in [1.82, 2.24) is 5.32 Å². The predicted molar refractivity (Wildman–Crippen MR) is 108 cm³/mol. The topological polar surface area (TPSA) is 78.1 Å². The van der Waals surface area contributed by atoms with Crippen LogP contribution in [-0.4, -0.2) is 39.5 Å². The van der Waals surface area contributed by atoms with Crippen LogP contribution in [0.1, 0.15) is 15.9 Å². The number of amides is 1. The first-order valence-electron chi connectivity index (χ1n) is 8.00. The normalized spacial score (nSPS) is 9.96. The van der Waals surface area contributed by atoms with E-state index < -0.39 is 5.91 Å². The van der Waals surface area contributed by atoms with E-state index in [4.69, 9.17) is 31.2 Å². The maximum absolute atomic E-state index is 12.6. The Morgan fingerprint density at radius 1 is 0.889 bits per heavy atom. The second-order valence-electron chi connectivity index (χ2n) is 5.53. The van der Waals surface area contributed by atoms with Gasteiger partial charge in [-0.05, 0) is 49.0 Å². The lowest BCUT2D eigenvalue weighted by atomic mass is 10.1. The minimum Gasteiger partial charge on any atom is -0.495 e. The minimum atomic E-state index is -0.418. The molecule has 7 nitrogen and oxygen atoms in total. The van der Waals surface area contributed by atoms with Crippen molar-refractivity contribution in [2.45, 2.75) is 6.92 Å². The highest BCUT2D eigenvalue weighted by atomic mass is 32.1. The Hall–Kier alpha value is -3.00. The number of carbonyl (C=O) groups excluding carboxylic acids is 1. The van der Waals surface area contributed by atoms with Gasteiger partial charge in [-0.2, -0.15) is 0 Å². The number of benzene rings is 2. The second kappa shape index (κ2) is 9.09. The Morgan fingerprint density at radius 3 is 2.00 bits per heavy atom. The lowest BCUT2D eigenvalue weighted by molar-refractivity contribution is 0.0977. The first kappa shape index (κ1) is 20.3.